The zero-order chi connectivity index (χ0) is 29.4. The van der Waals surface area contributed by atoms with Gasteiger partial charge in [-0.25, -0.2) is 8.42 Å². The molecule has 0 aliphatic carbocycles. The van der Waals surface area contributed by atoms with E-state index in [1.54, 1.807) is 24.3 Å². The summed E-state index contributed by atoms with van der Waals surface area (Å²) in [6.45, 7) is 7.73. The first-order valence-electron chi connectivity index (χ1n) is 13.3. The van der Waals surface area contributed by atoms with Crippen molar-refractivity contribution in [3.05, 3.63) is 100 Å². The average molecular weight is 584 g/mol. The van der Waals surface area contributed by atoms with Crippen molar-refractivity contribution in [2.45, 2.75) is 46.7 Å². The van der Waals surface area contributed by atoms with Gasteiger partial charge in [-0.2, -0.15) is 0 Å². The quantitative estimate of drug-likeness (QED) is 0.320. The van der Waals surface area contributed by atoms with Gasteiger partial charge in [-0.1, -0.05) is 91.7 Å². The number of anilines is 1. The summed E-state index contributed by atoms with van der Waals surface area (Å²) in [7, 11) is -3.83. The van der Waals surface area contributed by atoms with E-state index in [0.29, 0.717) is 22.8 Å². The molecule has 3 aromatic carbocycles. The number of hydrogen-bond donors (Lipinski definition) is 1. The Bertz CT molecular complexity index is 1430. The zero-order valence-corrected chi connectivity index (χ0v) is 25.3. The summed E-state index contributed by atoms with van der Waals surface area (Å²) >= 11 is 6.49. The van der Waals surface area contributed by atoms with Crippen LogP contribution in [0, 0.1) is 19.8 Å². The van der Waals surface area contributed by atoms with Crippen molar-refractivity contribution in [3.63, 3.8) is 0 Å². The first-order valence-corrected chi connectivity index (χ1v) is 15.5. The molecule has 0 aliphatic heterocycles. The summed E-state index contributed by atoms with van der Waals surface area (Å²) in [5.74, 6) is -0.611. The molecule has 0 radical (unpaired) electrons. The molecular weight excluding hydrogens is 546 g/mol. The molecule has 7 nitrogen and oxygen atoms in total. The van der Waals surface area contributed by atoms with Gasteiger partial charge in [0, 0.05) is 24.5 Å². The second-order valence-electron chi connectivity index (χ2n) is 10.5. The number of nitrogens with one attached hydrogen (secondary N) is 1. The minimum atomic E-state index is -3.83. The average Bonchev–Trinajstić information content (AvgIpc) is 2.89. The lowest BCUT2D eigenvalue weighted by atomic mass is 10.0. The highest BCUT2D eigenvalue weighted by molar-refractivity contribution is 7.92. The Kier molecular flexibility index (Phi) is 10.8. The molecule has 0 saturated heterocycles. The normalized spacial score (nSPS) is 12.2. The third-order valence-corrected chi connectivity index (χ3v) is 8.05. The van der Waals surface area contributed by atoms with Crippen LogP contribution < -0.4 is 9.62 Å². The number of aryl methyl sites for hydroxylation is 2. The highest BCUT2D eigenvalue weighted by atomic mass is 35.5. The molecule has 9 heteroatoms. The lowest BCUT2D eigenvalue weighted by Gasteiger charge is -2.34. The Hall–Kier alpha value is -3.36. The van der Waals surface area contributed by atoms with Crippen LogP contribution in [0.1, 0.15) is 36.1 Å². The van der Waals surface area contributed by atoms with Crippen LogP contribution in [0.5, 0.6) is 0 Å². The third kappa shape index (κ3) is 8.57. The molecule has 214 valence electrons. The van der Waals surface area contributed by atoms with E-state index in [2.05, 4.69) is 5.32 Å². The first-order chi connectivity index (χ1) is 18.9. The first kappa shape index (κ1) is 31.2. The van der Waals surface area contributed by atoms with Gasteiger partial charge in [-0.15, -0.1) is 0 Å². The molecule has 2 amide bonds. The fourth-order valence-corrected chi connectivity index (χ4v) is 5.57. The molecule has 0 aromatic heterocycles. The Morgan fingerprint density at radius 3 is 2.20 bits per heavy atom. The summed E-state index contributed by atoms with van der Waals surface area (Å²) < 4.78 is 27.0. The summed E-state index contributed by atoms with van der Waals surface area (Å²) in [6, 6.07) is 21.1. The van der Waals surface area contributed by atoms with Crippen LogP contribution in [-0.4, -0.2) is 50.5 Å². The van der Waals surface area contributed by atoms with Crippen LogP contribution in [0.15, 0.2) is 72.8 Å². The number of amides is 2. The van der Waals surface area contributed by atoms with Crippen LogP contribution in [-0.2, 0) is 32.6 Å². The topological polar surface area (TPSA) is 86.8 Å². The predicted octanol–water partition coefficient (Wildman–Crippen LogP) is 5.14. The highest BCUT2D eigenvalue weighted by Gasteiger charge is 2.33. The van der Waals surface area contributed by atoms with Crippen molar-refractivity contribution in [2.75, 3.05) is 23.7 Å². The van der Waals surface area contributed by atoms with Crippen molar-refractivity contribution in [2.24, 2.45) is 5.92 Å². The lowest BCUT2D eigenvalue weighted by molar-refractivity contribution is -0.140. The monoisotopic (exact) mass is 583 g/mol. The minimum absolute atomic E-state index is 0.0373. The molecule has 0 spiro atoms. The Morgan fingerprint density at radius 2 is 1.60 bits per heavy atom. The van der Waals surface area contributed by atoms with E-state index >= 15 is 0 Å². The Labute approximate surface area is 243 Å². The number of halogens is 1. The molecule has 1 atom stereocenters. The van der Waals surface area contributed by atoms with E-state index in [4.69, 9.17) is 11.6 Å². The van der Waals surface area contributed by atoms with Crippen LogP contribution in [0.25, 0.3) is 0 Å². The van der Waals surface area contributed by atoms with Gasteiger partial charge >= 0.3 is 0 Å². The van der Waals surface area contributed by atoms with Gasteiger partial charge in [0.25, 0.3) is 0 Å². The van der Waals surface area contributed by atoms with E-state index < -0.39 is 28.5 Å². The van der Waals surface area contributed by atoms with Gasteiger partial charge in [-0.3, -0.25) is 13.9 Å². The maximum Gasteiger partial charge on any atom is 0.244 e. The highest BCUT2D eigenvalue weighted by Crippen LogP contribution is 2.25. The predicted molar refractivity (Wildman–Crippen MR) is 162 cm³/mol. The fraction of sp³-hybridized carbons (Fsp3) is 0.355. The molecule has 3 rings (SSSR count). The number of nitrogens with zero attached hydrogens (tertiary/aromatic N) is 2. The van der Waals surface area contributed by atoms with Gasteiger partial charge in [0.2, 0.25) is 21.8 Å². The molecule has 0 heterocycles. The molecule has 0 unspecified atom stereocenters. The summed E-state index contributed by atoms with van der Waals surface area (Å²) in [5, 5.41) is 3.43. The number of benzene rings is 3. The van der Waals surface area contributed by atoms with Crippen molar-refractivity contribution >= 4 is 39.1 Å². The smallest absolute Gasteiger partial charge is 0.244 e. The van der Waals surface area contributed by atoms with E-state index in [0.717, 1.165) is 27.3 Å². The van der Waals surface area contributed by atoms with E-state index in [9.17, 15) is 18.0 Å². The number of rotatable bonds is 12. The Balaban J connectivity index is 2.08. The molecule has 0 aliphatic rings. The van der Waals surface area contributed by atoms with Crippen LogP contribution in [0.3, 0.4) is 0 Å². The molecule has 40 heavy (non-hydrogen) atoms. The second-order valence-corrected chi connectivity index (χ2v) is 12.8. The van der Waals surface area contributed by atoms with E-state index in [-0.39, 0.29) is 24.8 Å². The third-order valence-electron chi connectivity index (χ3n) is 6.55. The molecular formula is C31H38ClN3O4S. The van der Waals surface area contributed by atoms with Gasteiger partial charge < -0.3 is 10.2 Å². The maximum atomic E-state index is 14.1. The molecule has 0 bridgehead atoms. The number of hydrogen-bond acceptors (Lipinski definition) is 4. The maximum absolute atomic E-state index is 14.1. The molecule has 0 saturated carbocycles. The van der Waals surface area contributed by atoms with Gasteiger partial charge in [0.15, 0.2) is 0 Å². The SMILES string of the molecule is Cc1ccc(N(CC(=O)N(Cc2ccccc2Cl)[C@@H](Cc2ccccc2)C(=O)NCC(C)C)S(C)(=O)=O)c(C)c1. The Morgan fingerprint density at radius 1 is 0.950 bits per heavy atom. The standard InChI is InChI=1S/C31H38ClN3O4S/c1-22(2)19-33-31(37)29(18-25-11-7-6-8-12-25)34(20-26-13-9-10-14-27(26)32)30(36)21-35(40(5,38)39)28-16-15-23(3)17-24(28)4/h6-17,22,29H,18-21H2,1-5H3,(H,33,37)/t29-/m0/s1. The number of carbonyl (C=O) groups is 2. The fourth-order valence-electron chi connectivity index (χ4n) is 4.47. The second kappa shape index (κ2) is 13.8. The number of carbonyl (C=O) groups excluding carboxylic acids is 2. The minimum Gasteiger partial charge on any atom is -0.354 e. The van der Waals surface area contributed by atoms with Crippen LogP contribution in [0.4, 0.5) is 5.69 Å². The molecule has 3 aromatic rings. The van der Waals surface area contributed by atoms with Crippen molar-refractivity contribution < 1.29 is 18.0 Å². The molecule has 1 N–H and O–H groups in total. The number of sulfonamides is 1. The lowest BCUT2D eigenvalue weighted by Crippen LogP contribution is -2.53. The zero-order valence-electron chi connectivity index (χ0n) is 23.7. The van der Waals surface area contributed by atoms with Gasteiger partial charge in [-0.05, 0) is 48.6 Å². The summed E-state index contributed by atoms with van der Waals surface area (Å²) in [5.41, 5.74) is 3.66. The summed E-state index contributed by atoms with van der Waals surface area (Å²) in [6.07, 6.45) is 1.33. The molecule has 0 fully saturated rings. The van der Waals surface area contributed by atoms with Crippen molar-refractivity contribution in [1.82, 2.24) is 10.2 Å². The van der Waals surface area contributed by atoms with Gasteiger partial charge in [0.1, 0.15) is 12.6 Å². The van der Waals surface area contributed by atoms with E-state index in [1.807, 2.05) is 76.2 Å². The summed E-state index contributed by atoms with van der Waals surface area (Å²) in [4.78, 5) is 29.2. The largest absolute Gasteiger partial charge is 0.354 e. The van der Waals surface area contributed by atoms with E-state index in [1.165, 1.54) is 4.90 Å². The van der Waals surface area contributed by atoms with Crippen molar-refractivity contribution in [3.8, 4) is 0 Å². The van der Waals surface area contributed by atoms with Crippen LogP contribution in [0.2, 0.25) is 5.02 Å². The van der Waals surface area contributed by atoms with Gasteiger partial charge in [0.05, 0.1) is 11.9 Å². The van der Waals surface area contributed by atoms with Crippen molar-refractivity contribution in [1.29, 1.82) is 0 Å². The van der Waals surface area contributed by atoms with Crippen LogP contribution >= 0.6 is 11.6 Å².